The highest BCUT2D eigenvalue weighted by Crippen LogP contribution is 2.20. The van der Waals surface area contributed by atoms with Crippen molar-refractivity contribution in [1.29, 1.82) is 0 Å². The van der Waals surface area contributed by atoms with Gasteiger partial charge < -0.3 is 9.26 Å². The highest BCUT2D eigenvalue weighted by Gasteiger charge is 2.22. The molecule has 6 nitrogen and oxygen atoms in total. The van der Waals surface area contributed by atoms with Crippen LogP contribution in [-0.2, 0) is 16.6 Å². The molecule has 0 saturated heterocycles. The second-order valence-electron chi connectivity index (χ2n) is 4.59. The molecular weight excluding hydrogens is 292 g/mol. The van der Waals surface area contributed by atoms with Crippen LogP contribution in [0.5, 0.6) is 5.75 Å². The molecule has 0 unspecified atom stereocenters. The van der Waals surface area contributed by atoms with Crippen molar-refractivity contribution in [3.05, 3.63) is 41.8 Å². The maximum atomic E-state index is 12.4. The van der Waals surface area contributed by atoms with Crippen molar-refractivity contribution >= 4 is 10.0 Å². The van der Waals surface area contributed by atoms with Crippen molar-refractivity contribution in [3.63, 3.8) is 0 Å². The molecule has 1 heterocycles. The molecule has 0 aliphatic heterocycles. The summed E-state index contributed by atoms with van der Waals surface area (Å²) >= 11 is 0. The summed E-state index contributed by atoms with van der Waals surface area (Å²) in [7, 11) is -2.05. The minimum Gasteiger partial charge on any atom is -0.494 e. The van der Waals surface area contributed by atoms with Crippen LogP contribution in [0.3, 0.4) is 0 Å². The van der Waals surface area contributed by atoms with Crippen molar-refractivity contribution in [2.75, 3.05) is 13.7 Å². The zero-order valence-electron chi connectivity index (χ0n) is 12.2. The average molecular weight is 310 g/mol. The van der Waals surface area contributed by atoms with Crippen LogP contribution < -0.4 is 4.74 Å². The fourth-order valence-electron chi connectivity index (χ4n) is 1.86. The van der Waals surface area contributed by atoms with Crippen molar-refractivity contribution in [1.82, 2.24) is 9.46 Å². The molecule has 0 atom stereocenters. The van der Waals surface area contributed by atoms with E-state index < -0.39 is 10.0 Å². The monoisotopic (exact) mass is 310 g/mol. The average Bonchev–Trinajstić information content (AvgIpc) is 2.85. The second-order valence-corrected chi connectivity index (χ2v) is 6.64. The van der Waals surface area contributed by atoms with E-state index in [-0.39, 0.29) is 11.4 Å². The molecular formula is C14H18N2O4S. The van der Waals surface area contributed by atoms with Crippen LogP contribution >= 0.6 is 0 Å². The van der Waals surface area contributed by atoms with Crippen LogP contribution in [0.2, 0.25) is 0 Å². The van der Waals surface area contributed by atoms with Gasteiger partial charge in [0.25, 0.3) is 0 Å². The molecule has 0 aliphatic rings. The molecule has 7 heteroatoms. The Morgan fingerprint density at radius 2 is 1.95 bits per heavy atom. The van der Waals surface area contributed by atoms with E-state index in [1.165, 1.54) is 23.5 Å². The van der Waals surface area contributed by atoms with Crippen LogP contribution in [0.4, 0.5) is 0 Å². The Hall–Kier alpha value is -1.86. The van der Waals surface area contributed by atoms with Crippen LogP contribution in [-0.4, -0.2) is 31.5 Å². The minimum absolute atomic E-state index is 0.160. The summed E-state index contributed by atoms with van der Waals surface area (Å²) in [6.45, 7) is 4.33. The number of hydrogen-bond donors (Lipinski definition) is 0. The van der Waals surface area contributed by atoms with E-state index in [1.54, 1.807) is 25.1 Å². The molecule has 114 valence electrons. The maximum Gasteiger partial charge on any atom is 0.243 e. The number of aromatic nitrogens is 1. The zero-order chi connectivity index (χ0) is 15.5. The molecule has 0 amide bonds. The van der Waals surface area contributed by atoms with Gasteiger partial charge in [0.1, 0.15) is 11.5 Å². The third kappa shape index (κ3) is 3.62. The highest BCUT2D eigenvalue weighted by atomic mass is 32.2. The van der Waals surface area contributed by atoms with Crippen LogP contribution in [0.25, 0.3) is 0 Å². The number of ether oxygens (including phenoxy) is 1. The minimum atomic E-state index is -3.56. The molecule has 0 N–H and O–H groups in total. The number of rotatable bonds is 6. The predicted molar refractivity (Wildman–Crippen MR) is 77.5 cm³/mol. The van der Waals surface area contributed by atoms with Crippen molar-refractivity contribution in [2.24, 2.45) is 0 Å². The molecule has 0 radical (unpaired) electrons. The lowest BCUT2D eigenvalue weighted by molar-refractivity contribution is 0.340. The first-order valence-electron chi connectivity index (χ1n) is 6.55. The van der Waals surface area contributed by atoms with Gasteiger partial charge in [0.2, 0.25) is 10.0 Å². The summed E-state index contributed by atoms with van der Waals surface area (Å²) in [5.74, 6) is 1.29. The van der Waals surface area contributed by atoms with Gasteiger partial charge in [-0.15, -0.1) is 0 Å². The van der Waals surface area contributed by atoms with E-state index in [0.717, 1.165) is 0 Å². The lowest BCUT2D eigenvalue weighted by Crippen LogP contribution is -2.26. The molecule has 2 aromatic rings. The Labute approximate surface area is 124 Å². The van der Waals surface area contributed by atoms with Gasteiger partial charge in [-0.05, 0) is 38.1 Å². The van der Waals surface area contributed by atoms with Gasteiger partial charge in [-0.1, -0.05) is 5.16 Å². The normalized spacial score (nSPS) is 11.8. The van der Waals surface area contributed by atoms with E-state index in [4.69, 9.17) is 9.26 Å². The number of sulfonamides is 1. The Kier molecular flexibility index (Phi) is 4.64. The molecule has 0 saturated carbocycles. The van der Waals surface area contributed by atoms with Gasteiger partial charge in [0, 0.05) is 13.1 Å². The molecule has 0 aliphatic carbocycles. The number of nitrogens with zero attached hydrogens (tertiary/aromatic N) is 2. The first kappa shape index (κ1) is 15.5. The quantitative estimate of drug-likeness (QED) is 0.818. The van der Waals surface area contributed by atoms with E-state index in [9.17, 15) is 8.42 Å². The fourth-order valence-corrected chi connectivity index (χ4v) is 3.00. The Bertz CT molecular complexity index is 692. The Balaban J connectivity index is 2.16. The molecule has 2 rings (SSSR count). The maximum absolute atomic E-state index is 12.4. The topological polar surface area (TPSA) is 72.6 Å². The summed E-state index contributed by atoms with van der Waals surface area (Å²) in [5, 5.41) is 3.80. The number of benzene rings is 1. The van der Waals surface area contributed by atoms with Crippen LogP contribution in [0.1, 0.15) is 18.4 Å². The van der Waals surface area contributed by atoms with Crippen molar-refractivity contribution < 1.29 is 17.7 Å². The Morgan fingerprint density at radius 3 is 2.48 bits per heavy atom. The van der Waals surface area contributed by atoms with Gasteiger partial charge >= 0.3 is 0 Å². The first-order chi connectivity index (χ1) is 9.93. The summed E-state index contributed by atoms with van der Waals surface area (Å²) in [6, 6.07) is 8.06. The van der Waals surface area contributed by atoms with E-state index >= 15 is 0 Å². The molecule has 1 aromatic carbocycles. The smallest absolute Gasteiger partial charge is 0.243 e. The first-order valence-corrected chi connectivity index (χ1v) is 7.99. The van der Waals surface area contributed by atoms with Crippen LogP contribution in [0, 0.1) is 6.92 Å². The summed E-state index contributed by atoms with van der Waals surface area (Å²) in [5.41, 5.74) is 0.574. The summed E-state index contributed by atoms with van der Waals surface area (Å²) in [4.78, 5) is 0.216. The predicted octanol–water partition coefficient (Wildman–Crippen LogP) is 2.20. The highest BCUT2D eigenvalue weighted by molar-refractivity contribution is 7.89. The van der Waals surface area contributed by atoms with Crippen LogP contribution in [0.15, 0.2) is 39.8 Å². The molecule has 21 heavy (non-hydrogen) atoms. The summed E-state index contributed by atoms with van der Waals surface area (Å²) in [6.07, 6.45) is 0. The zero-order valence-corrected chi connectivity index (χ0v) is 13.1. The molecule has 1 aromatic heterocycles. The second kappa shape index (κ2) is 6.28. The fraction of sp³-hybridized carbons (Fsp3) is 0.357. The van der Waals surface area contributed by atoms with Gasteiger partial charge in [-0.3, -0.25) is 0 Å². The molecule has 0 spiro atoms. The largest absolute Gasteiger partial charge is 0.494 e. The van der Waals surface area contributed by atoms with Gasteiger partial charge in [0.15, 0.2) is 0 Å². The van der Waals surface area contributed by atoms with E-state index in [1.807, 2.05) is 6.92 Å². The van der Waals surface area contributed by atoms with Crippen molar-refractivity contribution in [2.45, 2.75) is 25.3 Å². The lowest BCUT2D eigenvalue weighted by Gasteiger charge is -2.16. The molecule has 0 fully saturated rings. The third-order valence-electron chi connectivity index (χ3n) is 2.90. The SMILES string of the molecule is CCOc1ccc(S(=O)(=O)N(C)Cc2cc(C)on2)cc1. The van der Waals surface area contributed by atoms with Gasteiger partial charge in [-0.25, -0.2) is 8.42 Å². The molecule has 0 bridgehead atoms. The van der Waals surface area contributed by atoms with E-state index in [0.29, 0.717) is 23.8 Å². The van der Waals surface area contributed by atoms with Gasteiger partial charge in [0.05, 0.1) is 23.7 Å². The number of aryl methyl sites for hydroxylation is 1. The lowest BCUT2D eigenvalue weighted by atomic mass is 10.3. The summed E-state index contributed by atoms with van der Waals surface area (Å²) < 4.78 is 36.4. The van der Waals surface area contributed by atoms with Gasteiger partial charge in [-0.2, -0.15) is 4.31 Å². The standard InChI is InChI=1S/C14H18N2O4S/c1-4-19-13-5-7-14(8-6-13)21(17,18)16(3)10-12-9-11(2)20-15-12/h5-9H,4,10H2,1-3H3. The third-order valence-corrected chi connectivity index (χ3v) is 4.72. The van der Waals surface area contributed by atoms with Crippen molar-refractivity contribution in [3.8, 4) is 5.75 Å². The number of hydrogen-bond acceptors (Lipinski definition) is 5. The Morgan fingerprint density at radius 1 is 1.29 bits per heavy atom. The van der Waals surface area contributed by atoms with E-state index in [2.05, 4.69) is 5.16 Å².